The number of carbonyl (C=O) groups excluding carboxylic acids is 1. The van der Waals surface area contributed by atoms with Crippen LogP contribution in [0.25, 0.3) is 0 Å². The van der Waals surface area contributed by atoms with Crippen LogP contribution in [-0.2, 0) is 10.0 Å². The second-order valence-electron chi connectivity index (χ2n) is 5.39. The molecule has 0 aliphatic heterocycles. The first-order valence-corrected chi connectivity index (χ1v) is 10.8. The van der Waals surface area contributed by atoms with Gasteiger partial charge in [-0.05, 0) is 42.2 Å². The molecular formula is C18H23N3O3S2. The summed E-state index contributed by atoms with van der Waals surface area (Å²) in [6.07, 6.45) is 1.61. The van der Waals surface area contributed by atoms with E-state index >= 15 is 0 Å². The van der Waals surface area contributed by atoms with Crippen LogP contribution in [0.5, 0.6) is 0 Å². The van der Waals surface area contributed by atoms with Gasteiger partial charge < -0.3 is 5.32 Å². The summed E-state index contributed by atoms with van der Waals surface area (Å²) in [6.45, 7) is 6.44. The topological polar surface area (TPSA) is 79.4 Å². The molecule has 0 saturated heterocycles. The van der Waals surface area contributed by atoms with Gasteiger partial charge in [-0.25, -0.2) is 13.4 Å². The van der Waals surface area contributed by atoms with Crippen molar-refractivity contribution in [2.75, 3.05) is 24.2 Å². The summed E-state index contributed by atoms with van der Waals surface area (Å²) in [7, 11) is -3.52. The number of nitrogens with one attached hydrogen (secondary N) is 1. The van der Waals surface area contributed by atoms with E-state index in [2.05, 4.69) is 10.3 Å². The maximum absolute atomic E-state index is 12.5. The van der Waals surface area contributed by atoms with Gasteiger partial charge in [-0.3, -0.25) is 4.79 Å². The Balaban J connectivity index is 2.11. The van der Waals surface area contributed by atoms with Gasteiger partial charge in [0.25, 0.3) is 5.91 Å². The van der Waals surface area contributed by atoms with E-state index in [9.17, 15) is 13.2 Å². The van der Waals surface area contributed by atoms with Crippen molar-refractivity contribution >= 4 is 33.4 Å². The fourth-order valence-electron chi connectivity index (χ4n) is 2.38. The monoisotopic (exact) mass is 393 g/mol. The molecular weight excluding hydrogens is 370 g/mol. The van der Waals surface area contributed by atoms with Gasteiger partial charge in [-0.15, -0.1) is 11.8 Å². The SMILES string of the molecule is CCSc1ccc(NC(=O)c2ccc(S(=O)(=O)N(CC)CC)cc2)cn1. The fourth-order valence-corrected chi connectivity index (χ4v) is 4.43. The van der Waals surface area contributed by atoms with Crippen LogP contribution in [-0.4, -0.2) is 42.5 Å². The van der Waals surface area contributed by atoms with E-state index in [4.69, 9.17) is 0 Å². The Bertz CT molecular complexity index is 831. The zero-order valence-electron chi connectivity index (χ0n) is 15.1. The van der Waals surface area contributed by atoms with Gasteiger partial charge in [0.05, 0.1) is 21.8 Å². The molecule has 0 spiro atoms. The van der Waals surface area contributed by atoms with Crippen LogP contribution in [0.2, 0.25) is 0 Å². The minimum atomic E-state index is -3.52. The number of benzene rings is 1. The number of anilines is 1. The van der Waals surface area contributed by atoms with E-state index < -0.39 is 10.0 Å². The van der Waals surface area contributed by atoms with Gasteiger partial charge in [0.1, 0.15) is 0 Å². The molecule has 1 N–H and O–H groups in total. The fraction of sp³-hybridized carbons (Fsp3) is 0.333. The highest BCUT2D eigenvalue weighted by molar-refractivity contribution is 7.99. The lowest BCUT2D eigenvalue weighted by Gasteiger charge is -2.18. The Kier molecular flexibility index (Phi) is 7.19. The predicted molar refractivity (Wildman–Crippen MR) is 105 cm³/mol. The molecule has 6 nitrogen and oxygen atoms in total. The van der Waals surface area contributed by atoms with Crippen LogP contribution < -0.4 is 5.32 Å². The molecule has 0 fully saturated rings. The third-order valence-corrected chi connectivity index (χ3v) is 6.64. The second kappa shape index (κ2) is 9.16. The van der Waals surface area contributed by atoms with E-state index in [1.807, 2.05) is 13.0 Å². The summed E-state index contributed by atoms with van der Waals surface area (Å²) in [5.74, 6) is 0.621. The first kappa shape index (κ1) is 20.4. The predicted octanol–water partition coefficient (Wildman–Crippen LogP) is 3.48. The lowest BCUT2D eigenvalue weighted by molar-refractivity contribution is 0.102. The number of amides is 1. The van der Waals surface area contributed by atoms with Crippen LogP contribution in [0.4, 0.5) is 5.69 Å². The van der Waals surface area contributed by atoms with E-state index in [0.29, 0.717) is 24.3 Å². The number of hydrogen-bond donors (Lipinski definition) is 1. The number of rotatable bonds is 8. The van der Waals surface area contributed by atoms with Crippen molar-refractivity contribution in [2.45, 2.75) is 30.7 Å². The maximum Gasteiger partial charge on any atom is 0.255 e. The summed E-state index contributed by atoms with van der Waals surface area (Å²) in [6, 6.07) is 9.59. The molecule has 1 aromatic heterocycles. The molecule has 0 bridgehead atoms. The minimum Gasteiger partial charge on any atom is -0.321 e. The lowest BCUT2D eigenvalue weighted by atomic mass is 10.2. The average molecular weight is 394 g/mol. The molecule has 0 radical (unpaired) electrons. The van der Waals surface area contributed by atoms with Crippen LogP contribution >= 0.6 is 11.8 Å². The highest BCUT2D eigenvalue weighted by Crippen LogP contribution is 2.19. The highest BCUT2D eigenvalue weighted by Gasteiger charge is 2.21. The molecule has 0 aliphatic rings. The Morgan fingerprint density at radius 2 is 1.73 bits per heavy atom. The van der Waals surface area contributed by atoms with E-state index in [1.54, 1.807) is 37.9 Å². The summed E-state index contributed by atoms with van der Waals surface area (Å²) in [5.41, 5.74) is 0.978. The van der Waals surface area contributed by atoms with Crippen molar-refractivity contribution in [1.82, 2.24) is 9.29 Å². The van der Waals surface area contributed by atoms with Crippen molar-refractivity contribution in [3.8, 4) is 0 Å². The van der Waals surface area contributed by atoms with Crippen molar-refractivity contribution in [3.63, 3.8) is 0 Å². The third-order valence-electron chi connectivity index (χ3n) is 3.75. The van der Waals surface area contributed by atoms with Gasteiger partial charge in [0.2, 0.25) is 10.0 Å². The third kappa shape index (κ3) is 4.84. The standard InChI is InChI=1S/C18H23N3O3S2/c1-4-21(5-2)26(23,24)16-10-7-14(8-11-16)18(22)20-15-9-12-17(19-13-15)25-6-3/h7-13H,4-6H2,1-3H3,(H,20,22). The Hall–Kier alpha value is -1.90. The van der Waals surface area contributed by atoms with Gasteiger partial charge >= 0.3 is 0 Å². The molecule has 140 valence electrons. The van der Waals surface area contributed by atoms with Crippen molar-refractivity contribution in [3.05, 3.63) is 48.2 Å². The van der Waals surface area contributed by atoms with Crippen molar-refractivity contribution < 1.29 is 13.2 Å². The molecule has 2 aromatic rings. The smallest absolute Gasteiger partial charge is 0.255 e. The molecule has 0 unspecified atom stereocenters. The van der Waals surface area contributed by atoms with Crippen LogP contribution in [0.15, 0.2) is 52.5 Å². The minimum absolute atomic E-state index is 0.181. The van der Waals surface area contributed by atoms with Crippen LogP contribution in [0, 0.1) is 0 Å². The van der Waals surface area contributed by atoms with Crippen molar-refractivity contribution in [2.24, 2.45) is 0 Å². The van der Waals surface area contributed by atoms with Crippen LogP contribution in [0.1, 0.15) is 31.1 Å². The molecule has 1 heterocycles. The quantitative estimate of drug-likeness (QED) is 0.695. The Morgan fingerprint density at radius 3 is 2.23 bits per heavy atom. The Labute approximate surface area is 159 Å². The molecule has 0 aliphatic carbocycles. The van der Waals surface area contributed by atoms with Crippen molar-refractivity contribution in [1.29, 1.82) is 0 Å². The number of pyridine rings is 1. The largest absolute Gasteiger partial charge is 0.321 e. The zero-order chi connectivity index (χ0) is 19.2. The highest BCUT2D eigenvalue weighted by atomic mass is 32.2. The molecule has 2 rings (SSSR count). The van der Waals surface area contributed by atoms with Gasteiger partial charge in [0, 0.05) is 18.7 Å². The molecule has 0 saturated carbocycles. The lowest BCUT2D eigenvalue weighted by Crippen LogP contribution is -2.30. The van der Waals surface area contributed by atoms with Gasteiger partial charge in [-0.2, -0.15) is 4.31 Å². The van der Waals surface area contributed by atoms with Crippen LogP contribution in [0.3, 0.4) is 0 Å². The molecule has 1 aromatic carbocycles. The molecule has 26 heavy (non-hydrogen) atoms. The number of thioether (sulfide) groups is 1. The van der Waals surface area contributed by atoms with E-state index in [-0.39, 0.29) is 10.8 Å². The Morgan fingerprint density at radius 1 is 1.08 bits per heavy atom. The number of carbonyl (C=O) groups is 1. The van der Waals surface area contributed by atoms with Gasteiger partial charge in [0.15, 0.2) is 0 Å². The zero-order valence-corrected chi connectivity index (χ0v) is 16.7. The summed E-state index contributed by atoms with van der Waals surface area (Å²) < 4.78 is 26.3. The first-order valence-electron chi connectivity index (χ1n) is 8.42. The van der Waals surface area contributed by atoms with E-state index in [1.165, 1.54) is 28.6 Å². The first-order chi connectivity index (χ1) is 12.4. The van der Waals surface area contributed by atoms with E-state index in [0.717, 1.165) is 10.8 Å². The van der Waals surface area contributed by atoms with Gasteiger partial charge in [-0.1, -0.05) is 20.8 Å². The number of aromatic nitrogens is 1. The number of sulfonamides is 1. The number of nitrogens with zero attached hydrogens (tertiary/aromatic N) is 2. The second-order valence-corrected chi connectivity index (χ2v) is 8.61. The molecule has 0 atom stereocenters. The normalized spacial score (nSPS) is 11.5. The summed E-state index contributed by atoms with van der Waals surface area (Å²) in [5, 5.41) is 3.66. The summed E-state index contributed by atoms with van der Waals surface area (Å²) in [4.78, 5) is 16.8. The summed E-state index contributed by atoms with van der Waals surface area (Å²) >= 11 is 1.62. The number of hydrogen-bond acceptors (Lipinski definition) is 5. The molecule has 8 heteroatoms. The average Bonchev–Trinajstić information content (AvgIpc) is 2.64. The maximum atomic E-state index is 12.5. The molecule has 1 amide bonds.